The first-order valence-corrected chi connectivity index (χ1v) is 5.54. The van der Waals surface area contributed by atoms with E-state index in [-0.39, 0.29) is 17.3 Å². The summed E-state index contributed by atoms with van der Waals surface area (Å²) in [4.78, 5) is 19.3. The van der Waals surface area contributed by atoms with Crippen molar-refractivity contribution in [3.8, 4) is 0 Å². The first kappa shape index (κ1) is 11.8. The molecule has 0 atom stereocenters. The Bertz CT molecular complexity index is 419. The van der Waals surface area contributed by atoms with Gasteiger partial charge in [-0.15, -0.1) is 0 Å². The number of aromatic nitrogens is 2. The Morgan fingerprint density at radius 2 is 2.06 bits per heavy atom. The van der Waals surface area contributed by atoms with Crippen LogP contribution in [0.15, 0.2) is 0 Å². The Kier molecular flexibility index (Phi) is 3.23. The van der Waals surface area contributed by atoms with Crippen LogP contribution in [0.25, 0.3) is 0 Å². The molecule has 3 N–H and O–H groups in total. The average molecular weight is 237 g/mol. The van der Waals surface area contributed by atoms with E-state index in [2.05, 4.69) is 9.97 Å². The number of hydrogen-bond acceptors (Lipinski definition) is 5. The third-order valence-electron chi connectivity index (χ3n) is 2.94. The molecular formula is C11H15N3O3. The quantitative estimate of drug-likeness (QED) is 0.794. The summed E-state index contributed by atoms with van der Waals surface area (Å²) in [6.45, 7) is 3.02. The molecule has 0 aliphatic carbocycles. The molecule has 1 aliphatic rings. The van der Waals surface area contributed by atoms with Crippen molar-refractivity contribution in [3.63, 3.8) is 0 Å². The summed E-state index contributed by atoms with van der Waals surface area (Å²) in [5.41, 5.74) is 6.09. The summed E-state index contributed by atoms with van der Waals surface area (Å²) in [6.07, 6.45) is 1.70. The van der Waals surface area contributed by atoms with Crippen molar-refractivity contribution < 1.29 is 14.6 Å². The number of rotatable bonds is 2. The van der Waals surface area contributed by atoms with Gasteiger partial charge in [-0.3, -0.25) is 0 Å². The highest BCUT2D eigenvalue weighted by Crippen LogP contribution is 2.26. The number of ether oxygens (including phenoxy) is 1. The second kappa shape index (κ2) is 4.67. The Balaban J connectivity index is 2.34. The molecule has 2 rings (SSSR count). The van der Waals surface area contributed by atoms with Crippen LogP contribution in [0.5, 0.6) is 0 Å². The van der Waals surface area contributed by atoms with Gasteiger partial charge in [-0.25, -0.2) is 14.8 Å². The standard InChI is InChI=1S/C11H15N3O3/c1-6-8(11(15)16)9(12)14-10(13-6)7-2-4-17-5-3-7/h7H,2-5H2,1H3,(H,15,16)(H2,12,13,14). The molecule has 1 aliphatic heterocycles. The van der Waals surface area contributed by atoms with Gasteiger partial charge in [-0.1, -0.05) is 0 Å². The summed E-state index contributed by atoms with van der Waals surface area (Å²) in [5, 5.41) is 8.97. The first-order chi connectivity index (χ1) is 8.09. The molecule has 92 valence electrons. The maximum Gasteiger partial charge on any atom is 0.341 e. The van der Waals surface area contributed by atoms with Crippen molar-refractivity contribution >= 4 is 11.8 Å². The van der Waals surface area contributed by atoms with Gasteiger partial charge in [0.15, 0.2) is 0 Å². The van der Waals surface area contributed by atoms with Crippen LogP contribution in [0.1, 0.15) is 40.6 Å². The monoisotopic (exact) mass is 237 g/mol. The lowest BCUT2D eigenvalue weighted by Gasteiger charge is -2.21. The fraction of sp³-hybridized carbons (Fsp3) is 0.545. The van der Waals surface area contributed by atoms with Crippen molar-refractivity contribution in [2.75, 3.05) is 18.9 Å². The third-order valence-corrected chi connectivity index (χ3v) is 2.94. The number of aromatic carboxylic acids is 1. The maximum absolute atomic E-state index is 11.0. The van der Waals surface area contributed by atoms with Gasteiger partial charge in [-0.05, 0) is 19.8 Å². The van der Waals surface area contributed by atoms with Crippen LogP contribution in [-0.4, -0.2) is 34.3 Å². The molecule has 0 aromatic carbocycles. The van der Waals surface area contributed by atoms with Gasteiger partial charge in [0.1, 0.15) is 17.2 Å². The molecular weight excluding hydrogens is 222 g/mol. The lowest BCUT2D eigenvalue weighted by atomic mass is 9.99. The highest BCUT2D eigenvalue weighted by Gasteiger charge is 2.22. The van der Waals surface area contributed by atoms with Gasteiger partial charge in [-0.2, -0.15) is 0 Å². The fourth-order valence-corrected chi connectivity index (χ4v) is 2.02. The first-order valence-electron chi connectivity index (χ1n) is 5.54. The highest BCUT2D eigenvalue weighted by molar-refractivity contribution is 5.93. The maximum atomic E-state index is 11.0. The van der Waals surface area contributed by atoms with Crippen molar-refractivity contribution in [1.82, 2.24) is 9.97 Å². The van der Waals surface area contributed by atoms with E-state index in [0.717, 1.165) is 12.8 Å². The Morgan fingerprint density at radius 3 is 2.59 bits per heavy atom. The van der Waals surface area contributed by atoms with E-state index in [4.69, 9.17) is 15.6 Å². The van der Waals surface area contributed by atoms with E-state index in [9.17, 15) is 4.79 Å². The van der Waals surface area contributed by atoms with Gasteiger partial charge < -0.3 is 15.6 Å². The minimum absolute atomic E-state index is 0.000749. The van der Waals surface area contributed by atoms with Gasteiger partial charge in [0.25, 0.3) is 0 Å². The number of nitrogen functional groups attached to an aromatic ring is 1. The SMILES string of the molecule is Cc1nc(C2CCOCC2)nc(N)c1C(=O)O. The Hall–Kier alpha value is -1.69. The van der Waals surface area contributed by atoms with Crippen LogP contribution in [0.3, 0.4) is 0 Å². The van der Waals surface area contributed by atoms with Crippen LogP contribution in [0.4, 0.5) is 5.82 Å². The topological polar surface area (TPSA) is 98.3 Å². The van der Waals surface area contributed by atoms with Crippen LogP contribution in [-0.2, 0) is 4.74 Å². The molecule has 2 heterocycles. The molecule has 1 fully saturated rings. The van der Waals surface area contributed by atoms with Crippen molar-refractivity contribution in [1.29, 1.82) is 0 Å². The molecule has 0 unspecified atom stereocenters. The van der Waals surface area contributed by atoms with Gasteiger partial charge >= 0.3 is 5.97 Å². The number of carbonyl (C=O) groups is 1. The van der Waals surface area contributed by atoms with Gasteiger partial charge in [0.2, 0.25) is 0 Å². The lowest BCUT2D eigenvalue weighted by Crippen LogP contribution is -2.19. The van der Waals surface area contributed by atoms with E-state index in [1.54, 1.807) is 6.92 Å². The Morgan fingerprint density at radius 1 is 1.41 bits per heavy atom. The van der Waals surface area contributed by atoms with E-state index in [1.165, 1.54) is 0 Å². The molecule has 6 nitrogen and oxygen atoms in total. The molecule has 17 heavy (non-hydrogen) atoms. The zero-order valence-corrected chi connectivity index (χ0v) is 9.64. The Labute approximate surface area is 98.8 Å². The van der Waals surface area contributed by atoms with E-state index < -0.39 is 5.97 Å². The smallest absolute Gasteiger partial charge is 0.341 e. The summed E-state index contributed by atoms with van der Waals surface area (Å²) < 4.78 is 5.26. The fourth-order valence-electron chi connectivity index (χ4n) is 2.02. The molecule has 6 heteroatoms. The second-order valence-electron chi connectivity index (χ2n) is 4.12. The number of carboxylic acids is 1. The molecule has 0 saturated carbocycles. The number of nitrogens with two attached hydrogens (primary N) is 1. The molecule has 0 bridgehead atoms. The largest absolute Gasteiger partial charge is 0.477 e. The van der Waals surface area contributed by atoms with Crippen molar-refractivity contribution in [2.24, 2.45) is 0 Å². The van der Waals surface area contributed by atoms with Gasteiger partial charge in [0.05, 0.1) is 5.69 Å². The zero-order chi connectivity index (χ0) is 12.4. The van der Waals surface area contributed by atoms with E-state index >= 15 is 0 Å². The predicted molar refractivity (Wildman–Crippen MR) is 60.9 cm³/mol. The van der Waals surface area contributed by atoms with Gasteiger partial charge in [0, 0.05) is 19.1 Å². The number of nitrogens with zero attached hydrogens (tertiary/aromatic N) is 2. The molecule has 0 radical (unpaired) electrons. The van der Waals surface area contributed by atoms with E-state index in [0.29, 0.717) is 24.7 Å². The lowest BCUT2D eigenvalue weighted by molar-refractivity contribution is 0.0695. The summed E-state index contributed by atoms with van der Waals surface area (Å²) in [5.74, 6) is -0.189. The van der Waals surface area contributed by atoms with Crippen LogP contribution >= 0.6 is 0 Å². The minimum atomic E-state index is -1.08. The molecule has 0 spiro atoms. The van der Waals surface area contributed by atoms with Crippen LogP contribution in [0.2, 0.25) is 0 Å². The van der Waals surface area contributed by atoms with Crippen LogP contribution in [0, 0.1) is 6.92 Å². The zero-order valence-electron chi connectivity index (χ0n) is 9.64. The number of anilines is 1. The predicted octanol–water partition coefficient (Wildman–Crippen LogP) is 0.959. The van der Waals surface area contributed by atoms with Crippen molar-refractivity contribution in [2.45, 2.75) is 25.7 Å². The molecule has 0 amide bonds. The van der Waals surface area contributed by atoms with E-state index in [1.807, 2.05) is 0 Å². The summed E-state index contributed by atoms with van der Waals surface area (Å²) >= 11 is 0. The van der Waals surface area contributed by atoms with Crippen LogP contribution < -0.4 is 5.73 Å². The second-order valence-corrected chi connectivity index (χ2v) is 4.12. The molecule has 1 saturated heterocycles. The molecule has 1 aromatic heterocycles. The summed E-state index contributed by atoms with van der Waals surface area (Å²) in [6, 6.07) is 0. The normalized spacial score (nSPS) is 17.0. The van der Waals surface area contributed by atoms with Crippen molar-refractivity contribution in [3.05, 3.63) is 17.1 Å². The molecule has 1 aromatic rings. The number of hydrogen-bond donors (Lipinski definition) is 2. The highest BCUT2D eigenvalue weighted by atomic mass is 16.5. The average Bonchev–Trinajstić information content (AvgIpc) is 2.28. The third kappa shape index (κ3) is 2.36. The minimum Gasteiger partial charge on any atom is -0.477 e. The number of aryl methyl sites for hydroxylation is 1. The number of carboxylic acid groups (broad SMARTS) is 1. The summed E-state index contributed by atoms with van der Waals surface area (Å²) in [7, 11) is 0.